The molecule has 2 heterocycles. The van der Waals surface area contributed by atoms with Crippen LogP contribution in [-0.4, -0.2) is 44.8 Å². The highest BCUT2D eigenvalue weighted by Gasteiger charge is 2.35. The summed E-state index contributed by atoms with van der Waals surface area (Å²) in [6.45, 7) is 6.26. The molecule has 0 amide bonds. The van der Waals surface area contributed by atoms with E-state index in [0.717, 1.165) is 41.0 Å². The van der Waals surface area contributed by atoms with Crippen molar-refractivity contribution in [3.63, 3.8) is 0 Å². The fourth-order valence-corrected chi connectivity index (χ4v) is 4.77. The van der Waals surface area contributed by atoms with Crippen LogP contribution in [0.25, 0.3) is 6.08 Å². The highest BCUT2D eigenvalue weighted by Crippen LogP contribution is 2.44. The molecular weight excluding hydrogens is 470 g/mol. The zero-order chi connectivity index (χ0) is 25.9. The first-order valence-corrected chi connectivity index (χ1v) is 12.4. The predicted octanol–water partition coefficient (Wildman–Crippen LogP) is 5.42. The molecule has 37 heavy (non-hydrogen) atoms. The minimum atomic E-state index is -0.121. The minimum absolute atomic E-state index is 0.121. The molecule has 0 saturated heterocycles. The number of aryl methyl sites for hydroxylation is 1. The molecule has 0 aliphatic carbocycles. The number of fused-ring (bicyclic) bond motifs is 3. The van der Waals surface area contributed by atoms with Gasteiger partial charge in [-0.15, -0.1) is 0 Å². The van der Waals surface area contributed by atoms with Crippen molar-refractivity contribution in [1.29, 1.82) is 0 Å². The summed E-state index contributed by atoms with van der Waals surface area (Å²) in [6.07, 6.45) is 2.57. The predicted molar refractivity (Wildman–Crippen MR) is 141 cm³/mol. The van der Waals surface area contributed by atoms with Crippen LogP contribution in [0, 0.1) is 6.92 Å². The van der Waals surface area contributed by atoms with Crippen LogP contribution in [-0.2, 0) is 13.0 Å². The number of para-hydroxylation sites is 1. The lowest BCUT2D eigenvalue weighted by atomic mass is 9.98. The Morgan fingerprint density at radius 2 is 1.84 bits per heavy atom. The van der Waals surface area contributed by atoms with E-state index >= 15 is 0 Å². The van der Waals surface area contributed by atoms with E-state index in [0.29, 0.717) is 54.2 Å². The third kappa shape index (κ3) is 4.87. The normalized spacial score (nSPS) is 15.6. The molecule has 3 aromatic rings. The molecule has 0 aromatic heterocycles. The second-order valence-corrected chi connectivity index (χ2v) is 9.05. The lowest BCUT2D eigenvalue weighted by molar-refractivity contribution is 0.0949. The van der Waals surface area contributed by atoms with Gasteiger partial charge in [0, 0.05) is 18.7 Å². The zero-order valence-corrected chi connectivity index (χ0v) is 21.6. The van der Waals surface area contributed by atoms with Crippen LogP contribution < -0.4 is 23.7 Å². The Hall–Kier alpha value is -3.97. The molecule has 0 radical (unpaired) electrons. The first-order chi connectivity index (χ1) is 18.0. The first kappa shape index (κ1) is 24.7. The number of hydrogen-bond acceptors (Lipinski definition) is 7. The average molecular weight is 502 g/mol. The van der Waals surface area contributed by atoms with Gasteiger partial charge in [0.1, 0.15) is 24.0 Å². The lowest BCUT2D eigenvalue weighted by Crippen LogP contribution is -2.34. The summed E-state index contributed by atoms with van der Waals surface area (Å²) in [5, 5.41) is 0. The van der Waals surface area contributed by atoms with Gasteiger partial charge in [-0.2, -0.15) is 0 Å². The van der Waals surface area contributed by atoms with Crippen molar-refractivity contribution in [2.45, 2.75) is 26.8 Å². The number of carbonyl (C=O) groups is 1. The van der Waals surface area contributed by atoms with Gasteiger partial charge < -0.3 is 23.7 Å². The fourth-order valence-electron chi connectivity index (χ4n) is 4.77. The summed E-state index contributed by atoms with van der Waals surface area (Å²) in [5.74, 6) is 3.67. The van der Waals surface area contributed by atoms with Crippen LogP contribution in [0.3, 0.4) is 0 Å². The van der Waals surface area contributed by atoms with E-state index in [1.54, 1.807) is 20.3 Å². The molecule has 192 valence electrons. The molecule has 0 atom stereocenters. The van der Waals surface area contributed by atoms with Crippen molar-refractivity contribution in [2.75, 3.05) is 34.1 Å². The van der Waals surface area contributed by atoms with E-state index < -0.39 is 0 Å². The molecule has 0 fully saturated rings. The van der Waals surface area contributed by atoms with Crippen LogP contribution in [0.4, 0.5) is 0 Å². The van der Waals surface area contributed by atoms with Gasteiger partial charge in [0.05, 0.1) is 32.0 Å². The number of benzene rings is 3. The highest BCUT2D eigenvalue weighted by molar-refractivity contribution is 6.16. The molecule has 5 rings (SSSR count). The van der Waals surface area contributed by atoms with Crippen molar-refractivity contribution >= 4 is 11.9 Å². The first-order valence-electron chi connectivity index (χ1n) is 12.4. The van der Waals surface area contributed by atoms with Gasteiger partial charge in [-0.1, -0.05) is 24.3 Å². The number of ketones is 1. The topological polar surface area (TPSA) is 66.5 Å². The Kier molecular flexibility index (Phi) is 7.06. The Bertz CT molecular complexity index is 1360. The molecule has 2 aliphatic heterocycles. The number of hydrogen-bond donors (Lipinski definition) is 0. The number of allylic oxidation sites excluding steroid dienone is 1. The van der Waals surface area contributed by atoms with E-state index in [2.05, 4.69) is 4.90 Å². The van der Waals surface area contributed by atoms with Crippen molar-refractivity contribution < 1.29 is 28.5 Å². The van der Waals surface area contributed by atoms with Crippen LogP contribution in [0.2, 0.25) is 0 Å². The van der Waals surface area contributed by atoms with Crippen LogP contribution in [0.15, 0.2) is 54.3 Å². The fraction of sp³-hybridized carbons (Fsp3) is 0.300. The molecule has 7 nitrogen and oxygen atoms in total. The quantitative estimate of drug-likeness (QED) is 0.382. The lowest BCUT2D eigenvalue weighted by Gasteiger charge is -2.30. The molecule has 0 bridgehead atoms. The summed E-state index contributed by atoms with van der Waals surface area (Å²) in [7, 11) is 3.27. The van der Waals surface area contributed by atoms with Crippen molar-refractivity contribution in [3.05, 3.63) is 82.1 Å². The molecule has 2 aliphatic rings. The van der Waals surface area contributed by atoms with Gasteiger partial charge in [0.2, 0.25) is 5.78 Å². The molecule has 0 N–H and O–H groups in total. The number of nitrogens with zero attached hydrogens (tertiary/aromatic N) is 1. The smallest absolute Gasteiger partial charge is 0.232 e. The number of Topliss-reactive ketones (excluding diaryl/α,β-unsaturated/α-hetero) is 1. The summed E-state index contributed by atoms with van der Waals surface area (Å²) in [4.78, 5) is 15.6. The summed E-state index contributed by atoms with van der Waals surface area (Å²) in [5.41, 5.74) is 4.29. The van der Waals surface area contributed by atoms with Gasteiger partial charge in [-0.05, 0) is 61.7 Å². The third-order valence-corrected chi connectivity index (χ3v) is 6.66. The third-order valence-electron chi connectivity index (χ3n) is 6.66. The van der Waals surface area contributed by atoms with Gasteiger partial charge in [-0.3, -0.25) is 9.69 Å². The summed E-state index contributed by atoms with van der Waals surface area (Å²) in [6, 6.07) is 15.5. The van der Waals surface area contributed by atoms with Crippen LogP contribution in [0.1, 0.15) is 39.5 Å². The Balaban J connectivity index is 1.37. The van der Waals surface area contributed by atoms with E-state index in [4.69, 9.17) is 23.7 Å². The maximum absolute atomic E-state index is 13.4. The molecular formula is C30H31NO6. The molecule has 0 unspecified atom stereocenters. The number of ether oxygens (including phenoxy) is 5. The summed E-state index contributed by atoms with van der Waals surface area (Å²) >= 11 is 0. The zero-order valence-electron chi connectivity index (χ0n) is 21.6. The van der Waals surface area contributed by atoms with E-state index in [1.807, 2.05) is 62.4 Å². The van der Waals surface area contributed by atoms with Crippen molar-refractivity contribution in [2.24, 2.45) is 0 Å². The number of rotatable bonds is 8. The number of methoxy groups -OCH3 is 2. The average Bonchev–Trinajstić information content (AvgIpc) is 3.25. The van der Waals surface area contributed by atoms with E-state index in [1.165, 1.54) is 0 Å². The summed E-state index contributed by atoms with van der Waals surface area (Å²) < 4.78 is 28.8. The molecule has 0 saturated carbocycles. The standard InChI is InChI=1S/C30H31NO6/c1-5-35-23-9-7-6-8-21(23)16-27-29(32)28-19(2)14-25-22(30(28)37-27)17-31(18-36-25)13-12-20-10-11-24(33-3)26(15-20)34-4/h6-11,14-16H,5,12-13,17-18H2,1-4H3/b27-16+. The Morgan fingerprint density at radius 1 is 1.03 bits per heavy atom. The van der Waals surface area contributed by atoms with Gasteiger partial charge in [-0.25, -0.2) is 0 Å². The van der Waals surface area contributed by atoms with Gasteiger partial charge in [0.15, 0.2) is 17.3 Å². The molecule has 7 heteroatoms. The second kappa shape index (κ2) is 10.6. The van der Waals surface area contributed by atoms with Crippen LogP contribution in [0.5, 0.6) is 28.7 Å². The molecule has 0 spiro atoms. The SMILES string of the molecule is CCOc1ccccc1/C=C1/Oc2c3c(cc(C)c2C1=O)OCN(CCc1ccc(OC)c(OC)c1)C3. The maximum Gasteiger partial charge on any atom is 0.232 e. The highest BCUT2D eigenvalue weighted by atomic mass is 16.5. The Morgan fingerprint density at radius 3 is 2.62 bits per heavy atom. The minimum Gasteiger partial charge on any atom is -0.493 e. The second-order valence-electron chi connectivity index (χ2n) is 9.05. The monoisotopic (exact) mass is 501 g/mol. The van der Waals surface area contributed by atoms with E-state index in [-0.39, 0.29) is 5.78 Å². The molecule has 3 aromatic carbocycles. The van der Waals surface area contributed by atoms with Gasteiger partial charge >= 0.3 is 0 Å². The Labute approximate surface area is 217 Å². The number of carbonyl (C=O) groups excluding carboxylic acids is 1. The van der Waals surface area contributed by atoms with Crippen LogP contribution >= 0.6 is 0 Å². The van der Waals surface area contributed by atoms with Crippen molar-refractivity contribution in [3.8, 4) is 28.7 Å². The van der Waals surface area contributed by atoms with Gasteiger partial charge in [0.25, 0.3) is 0 Å². The largest absolute Gasteiger partial charge is 0.493 e. The van der Waals surface area contributed by atoms with Crippen molar-refractivity contribution in [1.82, 2.24) is 4.90 Å². The van der Waals surface area contributed by atoms with E-state index in [9.17, 15) is 4.79 Å². The maximum atomic E-state index is 13.4.